The molecule has 23 heavy (non-hydrogen) atoms. The third kappa shape index (κ3) is 3.56. The summed E-state index contributed by atoms with van der Waals surface area (Å²) < 4.78 is 2.05. The van der Waals surface area contributed by atoms with Gasteiger partial charge in [-0.25, -0.2) is 9.67 Å². The number of nitrogens with zero attached hydrogens (tertiary/aromatic N) is 4. The second-order valence-corrected chi connectivity index (χ2v) is 7.88. The van der Waals surface area contributed by atoms with E-state index >= 15 is 0 Å². The number of pyridine rings is 1. The summed E-state index contributed by atoms with van der Waals surface area (Å²) in [5, 5.41) is 5.73. The number of likely N-dealkylation sites (tertiary alicyclic amines) is 1. The molecule has 0 unspecified atom stereocenters. The van der Waals surface area contributed by atoms with Gasteiger partial charge in [0.05, 0.1) is 6.20 Å². The Labute approximate surface area is 143 Å². The summed E-state index contributed by atoms with van der Waals surface area (Å²) in [6.45, 7) is 10.1. The van der Waals surface area contributed by atoms with E-state index in [1.54, 1.807) is 0 Å². The molecule has 4 nitrogen and oxygen atoms in total. The van der Waals surface area contributed by atoms with E-state index < -0.39 is 0 Å². The normalized spacial score (nSPS) is 17.4. The molecule has 0 aromatic carbocycles. The molecule has 0 saturated carbocycles. The highest BCUT2D eigenvalue weighted by atomic mass is 32.2. The first-order valence-corrected chi connectivity index (χ1v) is 10.1. The van der Waals surface area contributed by atoms with Gasteiger partial charge in [-0.15, -0.1) is 0 Å². The van der Waals surface area contributed by atoms with E-state index in [0.29, 0.717) is 12.0 Å². The van der Waals surface area contributed by atoms with Crippen LogP contribution in [-0.4, -0.2) is 51.3 Å². The number of aryl methyl sites for hydroxylation is 1. The third-order valence-corrected chi connectivity index (χ3v) is 5.49. The Morgan fingerprint density at radius 1 is 1.30 bits per heavy atom. The molecule has 2 aromatic heterocycles. The van der Waals surface area contributed by atoms with Gasteiger partial charge in [0.15, 0.2) is 5.65 Å². The van der Waals surface area contributed by atoms with Crippen molar-refractivity contribution in [1.29, 1.82) is 0 Å². The van der Waals surface area contributed by atoms with E-state index in [0.717, 1.165) is 5.65 Å². The second-order valence-electron chi connectivity index (χ2n) is 6.89. The molecule has 0 radical (unpaired) electrons. The quantitative estimate of drug-likeness (QED) is 0.832. The minimum Gasteiger partial charge on any atom is -0.302 e. The van der Waals surface area contributed by atoms with Crippen LogP contribution in [0.2, 0.25) is 0 Å². The Bertz CT molecular complexity index is 656. The number of hydrogen-bond donors (Lipinski definition) is 0. The van der Waals surface area contributed by atoms with E-state index in [4.69, 9.17) is 4.98 Å². The van der Waals surface area contributed by atoms with Crippen molar-refractivity contribution in [3.05, 3.63) is 23.5 Å². The highest BCUT2D eigenvalue weighted by Gasteiger charge is 2.23. The van der Waals surface area contributed by atoms with E-state index in [-0.39, 0.29) is 0 Å². The maximum Gasteiger partial charge on any atom is 0.158 e. The molecule has 3 rings (SSSR count). The summed E-state index contributed by atoms with van der Waals surface area (Å²) in [5.74, 6) is 1.83. The summed E-state index contributed by atoms with van der Waals surface area (Å²) in [4.78, 5) is 7.60. The SMILES string of the molecule is CSCCN1CCC(c2cc(C)c3cnn(C(C)C)c3n2)CC1. The standard InChI is InChI=1S/C18H28N4S/c1-13(2)22-18-16(12-19-22)14(3)11-17(20-18)15-5-7-21(8-6-15)9-10-23-4/h11-13,15H,5-10H2,1-4H3. The molecule has 0 bridgehead atoms. The Morgan fingerprint density at radius 3 is 2.70 bits per heavy atom. The Kier molecular flexibility index (Phi) is 5.27. The largest absolute Gasteiger partial charge is 0.302 e. The van der Waals surface area contributed by atoms with Crippen LogP contribution < -0.4 is 0 Å². The minimum absolute atomic E-state index is 0.350. The molecule has 1 aliphatic rings. The maximum absolute atomic E-state index is 5.01. The predicted octanol–water partition coefficient (Wildman–Crippen LogP) is 3.86. The van der Waals surface area contributed by atoms with Crippen LogP contribution in [0.1, 0.15) is 49.9 Å². The van der Waals surface area contributed by atoms with E-state index in [9.17, 15) is 0 Å². The van der Waals surface area contributed by atoms with E-state index in [1.807, 2.05) is 18.0 Å². The molecule has 5 heteroatoms. The molecule has 126 valence electrons. The van der Waals surface area contributed by atoms with Gasteiger partial charge < -0.3 is 4.90 Å². The number of hydrogen-bond acceptors (Lipinski definition) is 4. The predicted molar refractivity (Wildman–Crippen MR) is 99.4 cm³/mol. The lowest BCUT2D eigenvalue weighted by molar-refractivity contribution is 0.222. The summed E-state index contributed by atoms with van der Waals surface area (Å²) in [7, 11) is 0. The highest BCUT2D eigenvalue weighted by molar-refractivity contribution is 7.98. The molecule has 0 N–H and O–H groups in total. The van der Waals surface area contributed by atoms with Crippen molar-refractivity contribution in [2.24, 2.45) is 0 Å². The van der Waals surface area contributed by atoms with Crippen molar-refractivity contribution in [2.45, 2.75) is 45.6 Å². The van der Waals surface area contributed by atoms with Gasteiger partial charge in [0.2, 0.25) is 0 Å². The van der Waals surface area contributed by atoms with Crippen LogP contribution >= 0.6 is 11.8 Å². The minimum atomic E-state index is 0.350. The van der Waals surface area contributed by atoms with Crippen molar-refractivity contribution in [2.75, 3.05) is 31.6 Å². The van der Waals surface area contributed by atoms with E-state index in [2.05, 4.69) is 47.8 Å². The Hall–Kier alpha value is -1.07. The molecule has 1 saturated heterocycles. The Morgan fingerprint density at radius 2 is 2.04 bits per heavy atom. The number of aromatic nitrogens is 3. The van der Waals surface area contributed by atoms with Crippen LogP contribution in [0.25, 0.3) is 11.0 Å². The van der Waals surface area contributed by atoms with Gasteiger partial charge in [0.1, 0.15) is 0 Å². The molecule has 2 aromatic rings. The van der Waals surface area contributed by atoms with Gasteiger partial charge >= 0.3 is 0 Å². The zero-order valence-electron chi connectivity index (χ0n) is 14.7. The average Bonchev–Trinajstić information content (AvgIpc) is 2.98. The monoisotopic (exact) mass is 332 g/mol. The number of thioether (sulfide) groups is 1. The first kappa shape index (κ1) is 16.8. The van der Waals surface area contributed by atoms with Crippen LogP contribution in [0.3, 0.4) is 0 Å². The fraction of sp³-hybridized carbons (Fsp3) is 0.667. The van der Waals surface area contributed by atoms with Crippen molar-refractivity contribution in [3.63, 3.8) is 0 Å². The number of rotatable bonds is 5. The molecule has 1 aliphatic heterocycles. The van der Waals surface area contributed by atoms with Gasteiger partial charge in [0.25, 0.3) is 0 Å². The lowest BCUT2D eigenvalue weighted by Crippen LogP contribution is -2.34. The fourth-order valence-corrected chi connectivity index (χ4v) is 3.90. The lowest BCUT2D eigenvalue weighted by Gasteiger charge is -2.31. The molecular weight excluding hydrogens is 304 g/mol. The second kappa shape index (κ2) is 7.22. The summed E-state index contributed by atoms with van der Waals surface area (Å²) in [6.07, 6.45) is 6.60. The van der Waals surface area contributed by atoms with Crippen LogP contribution in [0.5, 0.6) is 0 Å². The van der Waals surface area contributed by atoms with Gasteiger partial charge in [0, 0.05) is 35.3 Å². The molecule has 0 spiro atoms. The van der Waals surface area contributed by atoms with Crippen molar-refractivity contribution < 1.29 is 0 Å². The summed E-state index contributed by atoms with van der Waals surface area (Å²) >= 11 is 1.94. The summed E-state index contributed by atoms with van der Waals surface area (Å²) in [6, 6.07) is 2.64. The smallest absolute Gasteiger partial charge is 0.158 e. The zero-order valence-corrected chi connectivity index (χ0v) is 15.6. The third-order valence-electron chi connectivity index (χ3n) is 4.90. The molecule has 0 amide bonds. The zero-order chi connectivity index (χ0) is 16.4. The van der Waals surface area contributed by atoms with Crippen molar-refractivity contribution >= 4 is 22.8 Å². The number of fused-ring (bicyclic) bond motifs is 1. The molecular formula is C18H28N4S. The van der Waals surface area contributed by atoms with Gasteiger partial charge in [-0.3, -0.25) is 0 Å². The van der Waals surface area contributed by atoms with Crippen LogP contribution in [0.4, 0.5) is 0 Å². The average molecular weight is 333 g/mol. The van der Waals surface area contributed by atoms with Gasteiger partial charge in [-0.05, 0) is 64.6 Å². The topological polar surface area (TPSA) is 34.0 Å². The van der Waals surface area contributed by atoms with Crippen LogP contribution in [-0.2, 0) is 0 Å². The summed E-state index contributed by atoms with van der Waals surface area (Å²) in [5.41, 5.74) is 3.63. The van der Waals surface area contributed by atoms with Crippen molar-refractivity contribution in [3.8, 4) is 0 Å². The molecule has 1 fully saturated rings. The molecule has 0 atom stereocenters. The lowest BCUT2D eigenvalue weighted by atomic mass is 9.92. The first-order chi connectivity index (χ1) is 11.1. The molecule has 3 heterocycles. The molecule has 0 aliphatic carbocycles. The number of piperidine rings is 1. The Balaban J connectivity index is 1.79. The maximum atomic E-state index is 5.01. The van der Waals surface area contributed by atoms with Crippen molar-refractivity contribution in [1.82, 2.24) is 19.7 Å². The van der Waals surface area contributed by atoms with E-state index in [1.165, 1.54) is 54.9 Å². The highest BCUT2D eigenvalue weighted by Crippen LogP contribution is 2.30. The van der Waals surface area contributed by atoms with Crippen LogP contribution in [0.15, 0.2) is 12.3 Å². The van der Waals surface area contributed by atoms with Gasteiger partial charge in [-0.2, -0.15) is 16.9 Å². The fourth-order valence-electron chi connectivity index (χ4n) is 3.46. The van der Waals surface area contributed by atoms with Crippen LogP contribution in [0, 0.1) is 6.92 Å². The van der Waals surface area contributed by atoms with Gasteiger partial charge in [-0.1, -0.05) is 0 Å². The first-order valence-electron chi connectivity index (χ1n) is 8.66.